The maximum atomic E-state index is 5.45. The third-order valence-corrected chi connectivity index (χ3v) is 4.76. The van der Waals surface area contributed by atoms with Crippen LogP contribution in [0.4, 0.5) is 0 Å². The first kappa shape index (κ1) is 21.9. The third kappa shape index (κ3) is 5.41. The number of aromatic nitrogens is 3. The zero-order valence-corrected chi connectivity index (χ0v) is 19.3. The smallest absolute Gasteiger partial charge is 0.231 e. The van der Waals surface area contributed by atoms with Gasteiger partial charge in [0.1, 0.15) is 5.82 Å². The molecule has 4 rings (SSSR count). The molecule has 0 spiro atoms. The SMILES string of the molecule is Cc1nnc(CNC(=NCc2ccc3c(c2)OCO3)NCc2ccccc2)n1C.I. The number of benzene rings is 2. The van der Waals surface area contributed by atoms with Gasteiger partial charge in [0, 0.05) is 13.6 Å². The van der Waals surface area contributed by atoms with Crippen molar-refractivity contribution in [3.8, 4) is 11.5 Å². The van der Waals surface area contributed by atoms with Gasteiger partial charge in [0.25, 0.3) is 0 Å². The van der Waals surface area contributed by atoms with Crippen LogP contribution < -0.4 is 20.1 Å². The minimum absolute atomic E-state index is 0. The Kier molecular flexibility index (Phi) is 7.50. The molecule has 0 aliphatic carbocycles. The predicted octanol–water partition coefficient (Wildman–Crippen LogP) is 2.91. The number of guanidine groups is 1. The Labute approximate surface area is 192 Å². The summed E-state index contributed by atoms with van der Waals surface area (Å²) in [6.07, 6.45) is 0. The Morgan fingerprint density at radius 3 is 2.53 bits per heavy atom. The van der Waals surface area contributed by atoms with E-state index in [4.69, 9.17) is 14.5 Å². The summed E-state index contributed by atoms with van der Waals surface area (Å²) in [5.74, 6) is 3.96. The van der Waals surface area contributed by atoms with Crippen molar-refractivity contribution in [2.75, 3.05) is 6.79 Å². The predicted molar refractivity (Wildman–Crippen MR) is 125 cm³/mol. The lowest BCUT2D eigenvalue weighted by Crippen LogP contribution is -2.37. The van der Waals surface area contributed by atoms with Crippen molar-refractivity contribution in [1.29, 1.82) is 0 Å². The van der Waals surface area contributed by atoms with E-state index in [0.29, 0.717) is 25.6 Å². The molecule has 2 N–H and O–H groups in total. The molecule has 0 saturated heterocycles. The van der Waals surface area contributed by atoms with Crippen LogP contribution in [0.15, 0.2) is 53.5 Å². The molecule has 1 aromatic heterocycles. The molecule has 158 valence electrons. The zero-order valence-electron chi connectivity index (χ0n) is 17.0. The number of rotatable bonds is 6. The number of ether oxygens (including phenoxy) is 2. The molecule has 8 nitrogen and oxygen atoms in total. The Hall–Kier alpha value is -2.82. The van der Waals surface area contributed by atoms with Crippen molar-refractivity contribution in [3.05, 3.63) is 71.3 Å². The van der Waals surface area contributed by atoms with E-state index in [0.717, 1.165) is 28.7 Å². The van der Waals surface area contributed by atoms with Crippen molar-refractivity contribution in [1.82, 2.24) is 25.4 Å². The molecule has 9 heteroatoms. The van der Waals surface area contributed by atoms with E-state index < -0.39 is 0 Å². The van der Waals surface area contributed by atoms with Crippen molar-refractivity contribution in [3.63, 3.8) is 0 Å². The fraction of sp³-hybridized carbons (Fsp3) is 0.286. The normalized spacial score (nSPS) is 12.4. The van der Waals surface area contributed by atoms with Gasteiger partial charge in [-0.2, -0.15) is 0 Å². The molecule has 0 unspecified atom stereocenters. The van der Waals surface area contributed by atoms with Gasteiger partial charge in [-0.05, 0) is 30.2 Å². The Morgan fingerprint density at radius 2 is 1.77 bits per heavy atom. The largest absolute Gasteiger partial charge is 0.454 e. The van der Waals surface area contributed by atoms with Crippen LogP contribution >= 0.6 is 24.0 Å². The molecule has 0 amide bonds. The fourth-order valence-corrected chi connectivity index (χ4v) is 2.93. The first-order valence-electron chi connectivity index (χ1n) is 9.48. The summed E-state index contributed by atoms with van der Waals surface area (Å²) in [5, 5.41) is 15.0. The van der Waals surface area contributed by atoms with Gasteiger partial charge in [-0.1, -0.05) is 36.4 Å². The molecule has 2 heterocycles. The average molecular weight is 520 g/mol. The Bertz CT molecular complexity index is 1010. The number of nitrogens with zero attached hydrogens (tertiary/aromatic N) is 4. The summed E-state index contributed by atoms with van der Waals surface area (Å²) >= 11 is 0. The van der Waals surface area contributed by atoms with E-state index in [2.05, 4.69) is 33.0 Å². The first-order chi connectivity index (χ1) is 14.2. The second kappa shape index (κ2) is 10.3. The number of fused-ring (bicyclic) bond motifs is 1. The number of aliphatic imine (C=N–C) groups is 1. The van der Waals surface area contributed by atoms with Gasteiger partial charge < -0.3 is 24.7 Å². The van der Waals surface area contributed by atoms with Gasteiger partial charge >= 0.3 is 0 Å². The maximum Gasteiger partial charge on any atom is 0.231 e. The molecule has 0 saturated carbocycles. The summed E-state index contributed by atoms with van der Waals surface area (Å²) in [4.78, 5) is 4.73. The molecule has 1 aliphatic heterocycles. The Balaban J connectivity index is 0.00000256. The molecule has 0 atom stereocenters. The summed E-state index contributed by atoms with van der Waals surface area (Å²) in [6.45, 7) is 3.91. The van der Waals surface area contributed by atoms with Crippen LogP contribution in [0.3, 0.4) is 0 Å². The molecular formula is C21H25IN6O2. The summed E-state index contributed by atoms with van der Waals surface area (Å²) in [6, 6.07) is 16.1. The van der Waals surface area contributed by atoms with Gasteiger partial charge in [0.2, 0.25) is 6.79 Å². The highest BCUT2D eigenvalue weighted by atomic mass is 127. The molecular weight excluding hydrogens is 495 g/mol. The minimum atomic E-state index is 0. The van der Waals surface area contributed by atoms with Crippen LogP contribution in [0.2, 0.25) is 0 Å². The van der Waals surface area contributed by atoms with Gasteiger partial charge in [0.05, 0.1) is 13.1 Å². The number of halogens is 1. The first-order valence-corrected chi connectivity index (χ1v) is 9.48. The standard InChI is InChI=1S/C21H24N6O2.HI/c1-15-25-26-20(27(15)2)13-24-21(22-11-16-6-4-3-5-7-16)23-12-17-8-9-18-19(10-17)29-14-28-18;/h3-10H,11-14H2,1-2H3,(H2,22,23,24);1H. The van der Waals surface area contributed by atoms with Crippen molar-refractivity contribution in [2.45, 2.75) is 26.6 Å². The summed E-state index contributed by atoms with van der Waals surface area (Å²) < 4.78 is 12.8. The van der Waals surface area contributed by atoms with E-state index in [-0.39, 0.29) is 30.8 Å². The summed E-state index contributed by atoms with van der Waals surface area (Å²) in [7, 11) is 1.95. The molecule has 2 aromatic carbocycles. The lowest BCUT2D eigenvalue weighted by Gasteiger charge is -2.13. The van der Waals surface area contributed by atoms with Gasteiger partial charge in [0.15, 0.2) is 23.3 Å². The van der Waals surface area contributed by atoms with Crippen LogP contribution in [-0.2, 0) is 26.7 Å². The molecule has 0 bridgehead atoms. The number of hydrogen-bond acceptors (Lipinski definition) is 5. The molecule has 0 radical (unpaired) electrons. The Morgan fingerprint density at radius 1 is 1.00 bits per heavy atom. The minimum Gasteiger partial charge on any atom is -0.454 e. The highest BCUT2D eigenvalue weighted by Gasteiger charge is 2.13. The van der Waals surface area contributed by atoms with Crippen molar-refractivity contribution >= 4 is 29.9 Å². The quantitative estimate of drug-likeness (QED) is 0.296. The average Bonchev–Trinajstić information content (AvgIpc) is 3.35. The van der Waals surface area contributed by atoms with Crippen LogP contribution in [0.1, 0.15) is 22.8 Å². The highest BCUT2D eigenvalue weighted by molar-refractivity contribution is 14.0. The molecule has 3 aromatic rings. The highest BCUT2D eigenvalue weighted by Crippen LogP contribution is 2.32. The second-order valence-electron chi connectivity index (χ2n) is 6.77. The molecule has 1 aliphatic rings. The topological polar surface area (TPSA) is 85.6 Å². The van der Waals surface area contributed by atoms with Crippen LogP contribution in [0.5, 0.6) is 11.5 Å². The van der Waals surface area contributed by atoms with E-state index in [9.17, 15) is 0 Å². The van der Waals surface area contributed by atoms with Crippen molar-refractivity contribution < 1.29 is 9.47 Å². The van der Waals surface area contributed by atoms with Crippen molar-refractivity contribution in [2.24, 2.45) is 12.0 Å². The van der Waals surface area contributed by atoms with E-state index in [1.165, 1.54) is 5.56 Å². The monoisotopic (exact) mass is 520 g/mol. The van der Waals surface area contributed by atoms with Crippen LogP contribution in [0.25, 0.3) is 0 Å². The number of aryl methyl sites for hydroxylation is 1. The second-order valence-corrected chi connectivity index (χ2v) is 6.77. The van der Waals surface area contributed by atoms with Gasteiger partial charge in [-0.25, -0.2) is 4.99 Å². The van der Waals surface area contributed by atoms with E-state index >= 15 is 0 Å². The lowest BCUT2D eigenvalue weighted by molar-refractivity contribution is 0.174. The number of hydrogen-bond donors (Lipinski definition) is 2. The molecule has 30 heavy (non-hydrogen) atoms. The van der Waals surface area contributed by atoms with Gasteiger partial charge in [-0.3, -0.25) is 0 Å². The molecule has 0 fully saturated rings. The van der Waals surface area contributed by atoms with Gasteiger partial charge in [-0.15, -0.1) is 34.2 Å². The maximum absolute atomic E-state index is 5.45. The zero-order chi connectivity index (χ0) is 20.1. The third-order valence-electron chi connectivity index (χ3n) is 4.76. The van der Waals surface area contributed by atoms with Crippen LogP contribution in [-0.4, -0.2) is 27.5 Å². The fourth-order valence-electron chi connectivity index (χ4n) is 2.93. The van der Waals surface area contributed by atoms with Crippen LogP contribution in [0, 0.1) is 6.92 Å². The summed E-state index contributed by atoms with van der Waals surface area (Å²) in [5.41, 5.74) is 2.23. The van der Waals surface area contributed by atoms with E-state index in [1.807, 2.05) is 54.9 Å². The lowest BCUT2D eigenvalue weighted by atomic mass is 10.2. The van der Waals surface area contributed by atoms with E-state index in [1.54, 1.807) is 0 Å². The number of nitrogens with one attached hydrogen (secondary N) is 2.